The number of carbonyl (C=O) groups excluding carboxylic acids is 5. The van der Waals surface area contributed by atoms with Crippen molar-refractivity contribution in [1.29, 1.82) is 0 Å². The fourth-order valence-corrected chi connectivity index (χ4v) is 1.60. The Hall–Kier alpha value is -2.45. The number of nitrogens with two attached hydrogens (primary N) is 1. The number of ketones is 4. The molecule has 0 bridgehead atoms. The summed E-state index contributed by atoms with van der Waals surface area (Å²) in [4.78, 5) is 55.3. The Balaban J connectivity index is 0. The molecule has 26 heavy (non-hydrogen) atoms. The van der Waals surface area contributed by atoms with Crippen LogP contribution in [0.15, 0.2) is 24.3 Å². The molecule has 0 aromatic heterocycles. The molecule has 0 spiro atoms. The van der Waals surface area contributed by atoms with E-state index in [1.807, 2.05) is 0 Å². The van der Waals surface area contributed by atoms with Crippen molar-refractivity contribution >= 4 is 29.1 Å². The second kappa shape index (κ2) is 16.0. The summed E-state index contributed by atoms with van der Waals surface area (Å²) in [6.45, 7) is 6.50. The van der Waals surface area contributed by atoms with Crippen molar-refractivity contribution in [2.24, 2.45) is 5.90 Å². The van der Waals surface area contributed by atoms with E-state index in [1.54, 1.807) is 0 Å². The monoisotopic (exact) mass is 368 g/mol. The van der Waals surface area contributed by atoms with Crippen molar-refractivity contribution in [2.75, 3.05) is 6.54 Å². The quantitative estimate of drug-likeness (QED) is 0.542. The van der Waals surface area contributed by atoms with Gasteiger partial charge in [-0.05, 0) is 71.4 Å². The van der Waals surface area contributed by atoms with Gasteiger partial charge < -0.3 is 10.2 Å². The van der Waals surface area contributed by atoms with E-state index in [-0.39, 0.29) is 35.1 Å². The second-order valence-electron chi connectivity index (χ2n) is 5.55. The molecule has 1 aliphatic heterocycles. The van der Waals surface area contributed by atoms with Crippen LogP contribution in [0.5, 0.6) is 0 Å². The van der Waals surface area contributed by atoms with Crippen molar-refractivity contribution in [1.82, 2.24) is 5.32 Å². The predicted molar refractivity (Wildman–Crippen MR) is 96.9 cm³/mol. The number of piperidine rings is 1. The molecule has 146 valence electrons. The van der Waals surface area contributed by atoms with E-state index in [0.29, 0.717) is 0 Å². The van der Waals surface area contributed by atoms with Crippen LogP contribution in [0, 0.1) is 0 Å². The predicted octanol–water partition coefficient (Wildman–Crippen LogP) is 0.987. The van der Waals surface area contributed by atoms with Crippen molar-refractivity contribution < 1.29 is 28.8 Å². The maximum Gasteiger partial charge on any atom is 0.341 e. The topological polar surface area (TPSA) is 133 Å². The van der Waals surface area contributed by atoms with Crippen LogP contribution in [-0.4, -0.2) is 41.7 Å². The fraction of sp³-hybridized carbons (Fsp3) is 0.500. The third kappa shape index (κ3) is 19.6. The minimum atomic E-state index is -0.347. The van der Waals surface area contributed by atoms with Crippen molar-refractivity contribution in [3.8, 4) is 0 Å². The average Bonchev–Trinajstić information content (AvgIpc) is 2.59. The third-order valence-electron chi connectivity index (χ3n) is 2.82. The van der Waals surface area contributed by atoms with E-state index in [4.69, 9.17) is 5.90 Å². The summed E-state index contributed by atoms with van der Waals surface area (Å²) in [5.41, 5.74) is 0. The van der Waals surface area contributed by atoms with Gasteiger partial charge in [0.15, 0.2) is 23.1 Å². The lowest BCUT2D eigenvalue weighted by Crippen LogP contribution is -2.42. The summed E-state index contributed by atoms with van der Waals surface area (Å²) in [7, 11) is 0. The first-order valence-electron chi connectivity index (χ1n) is 8.12. The fourth-order valence-electron chi connectivity index (χ4n) is 1.60. The summed E-state index contributed by atoms with van der Waals surface area (Å²) < 4.78 is 0. The molecule has 3 N–H and O–H groups in total. The van der Waals surface area contributed by atoms with Gasteiger partial charge >= 0.3 is 5.97 Å². The molecular formula is C18H28N2O6. The average molecular weight is 368 g/mol. The molecule has 1 unspecified atom stereocenters. The number of carbonyl (C=O) groups is 5. The van der Waals surface area contributed by atoms with Crippen LogP contribution in [0.3, 0.4) is 0 Å². The maximum atomic E-state index is 10.8. The van der Waals surface area contributed by atoms with Gasteiger partial charge in [0.1, 0.15) is 6.04 Å². The Kier molecular flexibility index (Phi) is 15.9. The summed E-state index contributed by atoms with van der Waals surface area (Å²) >= 11 is 0. The largest absolute Gasteiger partial charge is 0.372 e. The smallest absolute Gasteiger partial charge is 0.341 e. The summed E-state index contributed by atoms with van der Waals surface area (Å²) in [5, 5.41) is 3.02. The van der Waals surface area contributed by atoms with Crippen LogP contribution in [-0.2, 0) is 28.8 Å². The molecule has 1 atom stereocenters. The SMILES string of the molecule is CC(=O)/C=C\C(C)=O.CC(=O)/C=C\C(C)=O.NOC(=O)C1CCCCN1. The normalized spacial score (nSPS) is 16.0. The third-order valence-corrected chi connectivity index (χ3v) is 2.82. The van der Waals surface area contributed by atoms with Crippen molar-refractivity contribution in [3.05, 3.63) is 24.3 Å². The molecule has 1 saturated heterocycles. The van der Waals surface area contributed by atoms with Crippen molar-refractivity contribution in [2.45, 2.75) is 53.0 Å². The Labute approximate surface area is 153 Å². The molecule has 1 fully saturated rings. The van der Waals surface area contributed by atoms with Gasteiger partial charge in [0, 0.05) is 0 Å². The van der Waals surface area contributed by atoms with Crippen molar-refractivity contribution in [3.63, 3.8) is 0 Å². The maximum absolute atomic E-state index is 10.8. The molecule has 1 rings (SSSR count). The first-order valence-corrected chi connectivity index (χ1v) is 8.12. The molecule has 0 radical (unpaired) electrons. The first-order chi connectivity index (χ1) is 12.1. The van der Waals surface area contributed by atoms with E-state index >= 15 is 0 Å². The Bertz CT molecular complexity index is 480. The number of nitrogens with one attached hydrogen (secondary N) is 1. The van der Waals surface area contributed by atoms with Gasteiger partial charge in [-0.2, -0.15) is 5.90 Å². The summed E-state index contributed by atoms with van der Waals surface area (Å²) in [6.07, 6.45) is 8.06. The highest BCUT2D eigenvalue weighted by Crippen LogP contribution is 2.06. The number of allylic oxidation sites excluding steroid dienone is 4. The Morgan fingerprint density at radius 1 is 0.808 bits per heavy atom. The van der Waals surface area contributed by atoms with Gasteiger partial charge in [-0.15, -0.1) is 0 Å². The summed E-state index contributed by atoms with van der Waals surface area (Å²) in [6, 6.07) is -0.168. The minimum absolute atomic E-state index is 0.0970. The van der Waals surface area contributed by atoms with Crippen LogP contribution in [0.25, 0.3) is 0 Å². The van der Waals surface area contributed by atoms with E-state index in [0.717, 1.165) is 25.8 Å². The number of hydrogen-bond acceptors (Lipinski definition) is 8. The molecule has 0 saturated carbocycles. The highest BCUT2D eigenvalue weighted by Gasteiger charge is 2.20. The van der Waals surface area contributed by atoms with Gasteiger partial charge in [-0.25, -0.2) is 4.79 Å². The lowest BCUT2D eigenvalue weighted by Gasteiger charge is -2.19. The van der Waals surface area contributed by atoms with E-state index in [1.165, 1.54) is 52.0 Å². The minimum Gasteiger partial charge on any atom is -0.372 e. The van der Waals surface area contributed by atoms with Gasteiger partial charge in [-0.3, -0.25) is 19.2 Å². The summed E-state index contributed by atoms with van der Waals surface area (Å²) in [5.74, 6) is 3.98. The molecule has 1 heterocycles. The number of rotatable bonds is 5. The highest BCUT2D eigenvalue weighted by atomic mass is 16.7. The number of hydrogen-bond donors (Lipinski definition) is 2. The van der Waals surface area contributed by atoms with E-state index in [9.17, 15) is 24.0 Å². The molecule has 8 nitrogen and oxygen atoms in total. The molecule has 1 aliphatic rings. The Morgan fingerprint density at radius 2 is 1.19 bits per heavy atom. The zero-order valence-corrected chi connectivity index (χ0v) is 15.7. The van der Waals surface area contributed by atoms with Gasteiger partial charge in [0.05, 0.1) is 0 Å². The van der Waals surface area contributed by atoms with Crippen LogP contribution >= 0.6 is 0 Å². The molecule has 0 aromatic carbocycles. The highest BCUT2D eigenvalue weighted by molar-refractivity contribution is 5.97. The lowest BCUT2D eigenvalue weighted by molar-refractivity contribution is -0.147. The van der Waals surface area contributed by atoms with Gasteiger partial charge in [0.2, 0.25) is 0 Å². The molecule has 8 heteroatoms. The zero-order valence-electron chi connectivity index (χ0n) is 15.7. The van der Waals surface area contributed by atoms with Crippen LogP contribution in [0.2, 0.25) is 0 Å². The van der Waals surface area contributed by atoms with E-state index < -0.39 is 0 Å². The van der Waals surface area contributed by atoms with Crippen LogP contribution < -0.4 is 11.2 Å². The van der Waals surface area contributed by atoms with Gasteiger partial charge in [-0.1, -0.05) is 6.42 Å². The lowest BCUT2D eigenvalue weighted by atomic mass is 10.1. The zero-order chi connectivity index (χ0) is 20.5. The van der Waals surface area contributed by atoms with Crippen LogP contribution in [0.1, 0.15) is 47.0 Å². The Morgan fingerprint density at radius 3 is 1.42 bits per heavy atom. The van der Waals surface area contributed by atoms with Gasteiger partial charge in [0.25, 0.3) is 0 Å². The molecular weight excluding hydrogens is 340 g/mol. The first kappa shape index (κ1) is 25.8. The van der Waals surface area contributed by atoms with E-state index in [2.05, 4.69) is 10.2 Å². The molecule has 0 aromatic rings. The second-order valence-corrected chi connectivity index (χ2v) is 5.55. The molecule has 0 amide bonds. The van der Waals surface area contributed by atoms with Crippen LogP contribution in [0.4, 0.5) is 0 Å². The molecule has 0 aliphatic carbocycles. The standard InChI is InChI=1S/C6H12N2O2.2C6H8O2/c7-10-6(9)5-3-1-2-4-8-5;2*1-5(7)3-4-6(2)8/h5,8H,1-4,7H2;2*3-4H,1-2H3/b;2*4-3-.